The number of nitrogens with zero attached hydrogens (tertiary/aromatic N) is 12. The summed E-state index contributed by atoms with van der Waals surface area (Å²) in [5, 5.41) is 14.6. The van der Waals surface area contributed by atoms with Crippen LogP contribution in [-0.4, -0.2) is 115 Å². The summed E-state index contributed by atoms with van der Waals surface area (Å²) in [5.74, 6) is 9.86. The van der Waals surface area contributed by atoms with Crippen molar-refractivity contribution in [1.29, 1.82) is 0 Å². The lowest BCUT2D eigenvalue weighted by atomic mass is 10.2. The molecule has 0 aliphatic carbocycles. The van der Waals surface area contributed by atoms with Crippen LogP contribution in [0.2, 0.25) is 0 Å². The number of amides is 2. The molecule has 506 valence electrons. The van der Waals surface area contributed by atoms with Crippen LogP contribution in [0.5, 0.6) is 5.75 Å². The number of carbonyl (C=O) groups is 4. The van der Waals surface area contributed by atoms with Crippen molar-refractivity contribution in [3.05, 3.63) is 194 Å². The highest BCUT2D eigenvalue weighted by Crippen LogP contribution is 2.24. The minimum atomic E-state index is -0.143. The molecule has 0 bridgehead atoms. The number of hydrogen-bond donors (Lipinski definition) is 1. The molecule has 2 aliphatic rings. The van der Waals surface area contributed by atoms with Crippen molar-refractivity contribution in [3.63, 3.8) is 0 Å². The number of ketones is 1. The topological polar surface area (TPSA) is 205 Å². The lowest BCUT2D eigenvalue weighted by molar-refractivity contribution is -0.120. The fourth-order valence-corrected chi connectivity index (χ4v) is 8.47. The molecule has 2 saturated heterocycles. The fraction of sp³-hybridized carbons (Fsp3) is 0.427. The predicted octanol–water partition coefficient (Wildman–Crippen LogP) is 17.3. The van der Waals surface area contributed by atoms with Crippen molar-refractivity contribution in [2.24, 2.45) is 5.84 Å². The zero-order valence-corrected chi connectivity index (χ0v) is 59.6. The van der Waals surface area contributed by atoms with Gasteiger partial charge in [0.05, 0.1) is 6.54 Å². The van der Waals surface area contributed by atoms with Crippen LogP contribution in [0.1, 0.15) is 213 Å². The Bertz CT molecular complexity index is 3240. The quantitative estimate of drug-likeness (QED) is 0.0269. The summed E-state index contributed by atoms with van der Waals surface area (Å²) >= 11 is 0. The number of para-hydroxylation sites is 1. The summed E-state index contributed by atoms with van der Waals surface area (Å²) in [6, 6.07) is 48.6. The summed E-state index contributed by atoms with van der Waals surface area (Å²) in [5.41, 5.74) is 5.97. The average Bonchev–Trinajstić information content (AvgIpc) is 1.74. The van der Waals surface area contributed by atoms with Crippen LogP contribution in [-0.2, 0) is 11.3 Å². The van der Waals surface area contributed by atoms with Gasteiger partial charge >= 0.3 is 0 Å². The van der Waals surface area contributed by atoms with Gasteiger partial charge in [-0.3, -0.25) is 29.1 Å². The highest BCUT2D eigenvalue weighted by Gasteiger charge is 2.26. The maximum absolute atomic E-state index is 12.5. The van der Waals surface area contributed by atoms with E-state index in [9.17, 15) is 19.2 Å². The number of nitrogens with two attached hydrogens (primary N) is 1. The normalized spacial score (nSPS) is 11.5. The number of aromatic nitrogens is 9. The largest absolute Gasteiger partial charge is 0.429 e. The van der Waals surface area contributed by atoms with Crippen molar-refractivity contribution < 1.29 is 23.9 Å². The summed E-state index contributed by atoms with van der Waals surface area (Å²) in [7, 11) is 0. The van der Waals surface area contributed by atoms with Crippen LogP contribution < -0.4 is 10.6 Å². The molecule has 0 radical (unpaired) electrons. The molecular formula is C75H111N13O5. The van der Waals surface area contributed by atoms with Gasteiger partial charge in [-0.25, -0.2) is 34.8 Å². The van der Waals surface area contributed by atoms with Crippen LogP contribution >= 0.6 is 0 Å². The number of hydrazine groups is 1. The number of hydrogen-bond acceptors (Lipinski definition) is 13. The smallest absolute Gasteiger partial charge is 0.298 e. The molecule has 0 spiro atoms. The maximum Gasteiger partial charge on any atom is 0.298 e. The highest BCUT2D eigenvalue weighted by molar-refractivity contribution is 5.94. The lowest BCUT2D eigenvalue weighted by Crippen LogP contribution is -2.42. The Hall–Kier alpha value is -8.96. The summed E-state index contributed by atoms with van der Waals surface area (Å²) in [6.07, 6.45) is 4.75. The Morgan fingerprint density at radius 1 is 0.516 bits per heavy atom. The van der Waals surface area contributed by atoms with Gasteiger partial charge in [-0.1, -0.05) is 210 Å². The van der Waals surface area contributed by atoms with Gasteiger partial charge in [-0.15, -0.1) is 15.9 Å². The molecule has 0 unspecified atom stereocenters. The first-order valence-electron chi connectivity index (χ1n) is 33.1. The predicted molar refractivity (Wildman–Crippen MR) is 384 cm³/mol. The first-order valence-corrected chi connectivity index (χ1v) is 33.1. The summed E-state index contributed by atoms with van der Waals surface area (Å²) in [4.78, 5) is 63.0. The van der Waals surface area contributed by atoms with E-state index in [4.69, 9.17) is 15.9 Å². The SMILES string of the molecule is C=C=C.CC.CC.CC.CC.CC.CC(=O)c1nc(-c2ccccc2)n(C(C)C)n1.CC(C)N(N)C(=O)c1ccccc1.CC(C)n1nc(C(=O)N2CCCC2)nc1-c1ccccc1.CC(C)n1nc(CN2CCCC2)nc1-c1ccccc1.O=COc1ccccc1. The van der Waals surface area contributed by atoms with Gasteiger partial charge < -0.3 is 9.64 Å². The molecule has 3 aromatic heterocycles. The molecule has 8 aromatic rings. The van der Waals surface area contributed by atoms with Crippen molar-refractivity contribution in [2.45, 2.75) is 188 Å². The molecule has 2 fully saturated rings. The van der Waals surface area contributed by atoms with Crippen molar-refractivity contribution >= 4 is 24.1 Å². The molecule has 2 N–H and O–H groups in total. The maximum atomic E-state index is 12.5. The molecule has 2 amide bonds. The second-order valence-electron chi connectivity index (χ2n) is 20.6. The van der Waals surface area contributed by atoms with E-state index in [-0.39, 0.29) is 41.5 Å². The number of likely N-dealkylation sites (tertiary alicyclic amines) is 2. The average molecular weight is 1270 g/mol. The Kier molecular flexibility index (Phi) is 44.9. The number of benzene rings is 5. The molecular weight excluding hydrogens is 1160 g/mol. The van der Waals surface area contributed by atoms with Gasteiger partial charge in [-0.05, 0) is 118 Å². The van der Waals surface area contributed by atoms with E-state index in [1.165, 1.54) is 37.9 Å². The molecule has 10 rings (SSSR count). The van der Waals surface area contributed by atoms with Crippen molar-refractivity contribution in [3.8, 4) is 39.9 Å². The minimum absolute atomic E-state index is 0.0210. The molecule has 18 heteroatoms. The molecule has 18 nitrogen and oxygen atoms in total. The zero-order valence-electron chi connectivity index (χ0n) is 59.6. The van der Waals surface area contributed by atoms with E-state index in [0.717, 1.165) is 72.5 Å². The number of Topliss-reactive ketones (excluding diaryl/α,β-unsaturated/α-hetero) is 1. The molecule has 0 atom stereocenters. The molecule has 2 aliphatic heterocycles. The van der Waals surface area contributed by atoms with E-state index in [0.29, 0.717) is 29.7 Å². The van der Waals surface area contributed by atoms with Crippen LogP contribution in [0.25, 0.3) is 34.2 Å². The number of carbonyl (C=O) groups excluding carboxylic acids is 4. The molecule has 93 heavy (non-hydrogen) atoms. The highest BCUT2D eigenvalue weighted by atomic mass is 16.5. The van der Waals surface area contributed by atoms with Gasteiger partial charge in [0.2, 0.25) is 11.6 Å². The minimum Gasteiger partial charge on any atom is -0.429 e. The molecule has 5 heterocycles. The van der Waals surface area contributed by atoms with Crippen LogP contribution in [0.4, 0.5) is 0 Å². The number of ether oxygens (including phenoxy) is 1. The zero-order chi connectivity index (χ0) is 70.3. The van der Waals surface area contributed by atoms with Gasteiger partial charge in [0.25, 0.3) is 18.3 Å². The Balaban J connectivity index is 0.00000111. The second kappa shape index (κ2) is 49.7. The van der Waals surface area contributed by atoms with E-state index < -0.39 is 0 Å². The van der Waals surface area contributed by atoms with Crippen molar-refractivity contribution in [2.75, 3.05) is 26.2 Å². The monoisotopic (exact) mass is 1270 g/mol. The van der Waals surface area contributed by atoms with E-state index in [2.05, 4.69) is 86.8 Å². The Labute approximate surface area is 558 Å². The third-order valence-corrected chi connectivity index (χ3v) is 12.7. The van der Waals surface area contributed by atoms with E-state index >= 15 is 0 Å². The number of rotatable bonds is 14. The molecule has 5 aromatic carbocycles. The summed E-state index contributed by atoms with van der Waals surface area (Å²) in [6.45, 7) is 49.2. The van der Waals surface area contributed by atoms with Crippen LogP contribution in [0.3, 0.4) is 0 Å². The van der Waals surface area contributed by atoms with Crippen LogP contribution in [0, 0.1) is 0 Å². The van der Waals surface area contributed by atoms with Gasteiger partial charge in [0.1, 0.15) is 5.75 Å². The van der Waals surface area contributed by atoms with Crippen LogP contribution in [0.15, 0.2) is 171 Å². The third kappa shape index (κ3) is 29.5. The van der Waals surface area contributed by atoms with Crippen molar-refractivity contribution in [1.82, 2.24) is 59.1 Å². The Morgan fingerprint density at radius 3 is 1.22 bits per heavy atom. The van der Waals surface area contributed by atoms with Gasteiger partial charge in [0, 0.05) is 66.4 Å². The third-order valence-electron chi connectivity index (χ3n) is 12.7. The lowest BCUT2D eigenvalue weighted by Gasteiger charge is -2.20. The summed E-state index contributed by atoms with van der Waals surface area (Å²) < 4.78 is 10.2. The second-order valence-corrected chi connectivity index (χ2v) is 20.6. The Morgan fingerprint density at radius 2 is 0.849 bits per heavy atom. The standard InChI is InChI=1S/C16H20N4O.C16H22N4.C13H15N3O.C10H14N2O.C7H6O2.C3H4.5C2H6/c1-12(2)20-15(13-8-4-3-5-9-13)17-14(18-20)16(21)19-10-6-7-11-19;1-13(2)20-16(14-8-4-3-5-9-14)17-15(18-20)12-19-10-6-7-11-19;1-9(2)16-13(11-7-5-4-6-8-11)14-12(15-16)10(3)17;1-8(2)12(11)10(13)9-6-4-3-5-7-9;8-6-9-7-4-2-1-3-5-7;1-3-2;5*1-2/h3-5,8-9,12H,6-7,10-11H2,1-2H3;3-5,8-9,13H,6-7,10-12H2,1-2H3;4-9H,1-3H3;3-8H,11H2,1-2H3;1-6H;1-2H2;5*1-2H3. The molecule has 0 saturated carbocycles. The van der Waals surface area contributed by atoms with E-state index in [1.807, 2.05) is 216 Å². The van der Waals surface area contributed by atoms with Gasteiger partial charge in [-0.2, -0.15) is 5.10 Å². The fourth-order valence-electron chi connectivity index (χ4n) is 8.47. The first-order chi connectivity index (χ1) is 45.0. The first kappa shape index (κ1) is 84.0. The van der Waals surface area contributed by atoms with E-state index in [1.54, 1.807) is 41.1 Å². The van der Waals surface area contributed by atoms with Gasteiger partial charge in [0.15, 0.2) is 29.1 Å².